The Morgan fingerprint density at radius 1 is 0.848 bits per heavy atom. The molecule has 2 fully saturated rings. The van der Waals surface area contributed by atoms with Crippen LogP contribution in [0.5, 0.6) is 0 Å². The van der Waals surface area contributed by atoms with E-state index in [4.69, 9.17) is 4.74 Å². The Balaban J connectivity index is 1.56. The Labute approximate surface area is 270 Å². The first kappa shape index (κ1) is 34.7. The van der Waals surface area contributed by atoms with Crippen LogP contribution < -0.4 is 16.0 Å². The molecule has 3 N–H and O–H groups in total. The van der Waals surface area contributed by atoms with E-state index in [1.165, 1.54) is 0 Å². The molecule has 46 heavy (non-hydrogen) atoms. The van der Waals surface area contributed by atoms with Crippen LogP contribution in [0.2, 0.25) is 0 Å². The summed E-state index contributed by atoms with van der Waals surface area (Å²) in [6.45, 7) is 5.98. The van der Waals surface area contributed by atoms with Crippen molar-refractivity contribution in [3.8, 4) is 0 Å². The zero-order valence-corrected chi connectivity index (χ0v) is 27.0. The van der Waals surface area contributed by atoms with Gasteiger partial charge in [0.2, 0.25) is 17.7 Å². The lowest BCUT2D eigenvalue weighted by molar-refractivity contribution is -0.135. The number of azide groups is 1. The molecular formula is C35H46N6O5. The second-order valence-corrected chi connectivity index (χ2v) is 13.1. The van der Waals surface area contributed by atoms with E-state index >= 15 is 0 Å². The summed E-state index contributed by atoms with van der Waals surface area (Å²) in [5.74, 6) is -1.72. The average molecular weight is 631 g/mol. The fourth-order valence-corrected chi connectivity index (χ4v) is 6.11. The van der Waals surface area contributed by atoms with Crippen molar-refractivity contribution in [1.29, 1.82) is 0 Å². The maximum absolute atomic E-state index is 14.1. The Hall–Kier alpha value is -4.21. The van der Waals surface area contributed by atoms with Crippen LogP contribution in [0.4, 0.5) is 0 Å². The molecule has 2 aromatic rings. The molecule has 0 spiro atoms. The predicted octanol–water partition coefficient (Wildman–Crippen LogP) is 4.59. The van der Waals surface area contributed by atoms with Crippen LogP contribution in [-0.2, 0) is 36.8 Å². The number of benzene rings is 2. The van der Waals surface area contributed by atoms with Gasteiger partial charge in [-0.05, 0) is 61.1 Å². The van der Waals surface area contributed by atoms with E-state index in [1.54, 1.807) is 6.92 Å². The van der Waals surface area contributed by atoms with Gasteiger partial charge in [0.05, 0.1) is 12.6 Å². The summed E-state index contributed by atoms with van der Waals surface area (Å²) in [6.07, 6.45) is 5.16. The van der Waals surface area contributed by atoms with E-state index in [-0.39, 0.29) is 30.5 Å². The highest BCUT2D eigenvalue weighted by Crippen LogP contribution is 2.30. The Morgan fingerprint density at radius 2 is 1.41 bits per heavy atom. The van der Waals surface area contributed by atoms with Crippen molar-refractivity contribution in [3.63, 3.8) is 0 Å². The number of amides is 3. The summed E-state index contributed by atoms with van der Waals surface area (Å²) < 4.78 is 5.39. The molecule has 246 valence electrons. The zero-order valence-electron chi connectivity index (χ0n) is 27.0. The van der Waals surface area contributed by atoms with Crippen molar-refractivity contribution in [2.45, 2.75) is 102 Å². The molecule has 1 aliphatic carbocycles. The number of hydrogen-bond acceptors (Lipinski definition) is 6. The van der Waals surface area contributed by atoms with Crippen LogP contribution in [0, 0.1) is 11.8 Å². The topological polar surface area (TPSA) is 166 Å². The summed E-state index contributed by atoms with van der Waals surface area (Å²) in [6, 6.07) is 14.8. The molecule has 1 aliphatic heterocycles. The molecule has 0 aromatic heterocycles. The number of nitrogens with one attached hydrogen (secondary N) is 3. The van der Waals surface area contributed by atoms with Crippen LogP contribution in [-0.4, -0.2) is 59.9 Å². The average Bonchev–Trinajstić information content (AvgIpc) is 3.81. The minimum absolute atomic E-state index is 0.129. The highest BCUT2D eigenvalue weighted by molar-refractivity contribution is 5.98. The largest absolute Gasteiger partial charge is 0.361 e. The van der Waals surface area contributed by atoms with Gasteiger partial charge in [0, 0.05) is 11.3 Å². The third kappa shape index (κ3) is 9.89. The lowest BCUT2D eigenvalue weighted by atomic mass is 9.83. The number of nitrogens with zero attached hydrogens (tertiary/aromatic N) is 3. The monoisotopic (exact) mass is 630 g/mol. The van der Waals surface area contributed by atoms with Crippen molar-refractivity contribution in [3.05, 3.63) is 82.2 Å². The fraction of sp³-hybridized carbons (Fsp3) is 0.543. The number of Topliss-reactive ketones (excluding diaryl/α,β-unsaturated/α-hetero) is 1. The molecule has 11 nitrogen and oxygen atoms in total. The lowest BCUT2D eigenvalue weighted by Gasteiger charge is -2.32. The van der Waals surface area contributed by atoms with Crippen molar-refractivity contribution in [2.24, 2.45) is 17.0 Å². The first-order valence-corrected chi connectivity index (χ1v) is 16.3. The Kier molecular flexibility index (Phi) is 12.3. The standard InChI is InChI=1S/C35H46N6O5/c1-23(2)19-27(31(42)35(3)22-46-35)37-32(43)28(20-24-13-7-4-8-14-24)38-34(45)30(26-17-11-6-12-18-26)39-33(44)29(40-41-36)21-25-15-9-5-10-16-25/h4-5,7-10,13-16,23,26-30H,6,11-12,17-22H2,1-3H3,(H,37,43)(H,38,45)(H,39,44)/t27-,28-,29?,30-,35+/m0/s1. The summed E-state index contributed by atoms with van der Waals surface area (Å²) >= 11 is 0. The number of hydrogen-bond donors (Lipinski definition) is 3. The van der Waals surface area contributed by atoms with Crippen molar-refractivity contribution < 1.29 is 23.9 Å². The quantitative estimate of drug-likeness (QED) is 0.107. The molecule has 4 rings (SSSR count). The van der Waals surface area contributed by atoms with Gasteiger partial charge >= 0.3 is 0 Å². The number of ketones is 1. The highest BCUT2D eigenvalue weighted by atomic mass is 16.6. The van der Waals surface area contributed by atoms with Gasteiger partial charge in [-0.1, -0.05) is 98.9 Å². The van der Waals surface area contributed by atoms with Gasteiger partial charge in [0.25, 0.3) is 0 Å². The summed E-state index contributed by atoms with van der Waals surface area (Å²) in [5, 5.41) is 12.5. The number of carbonyl (C=O) groups excluding carboxylic acids is 4. The second-order valence-electron chi connectivity index (χ2n) is 13.1. The summed E-state index contributed by atoms with van der Waals surface area (Å²) in [4.78, 5) is 57.7. The van der Waals surface area contributed by atoms with Gasteiger partial charge in [-0.2, -0.15) is 0 Å². The van der Waals surface area contributed by atoms with Gasteiger partial charge in [0.15, 0.2) is 5.78 Å². The first-order chi connectivity index (χ1) is 22.1. The zero-order chi connectivity index (χ0) is 33.1. The van der Waals surface area contributed by atoms with Crippen molar-refractivity contribution >= 4 is 23.5 Å². The maximum atomic E-state index is 14.1. The lowest BCUT2D eigenvalue weighted by Crippen LogP contribution is -2.59. The van der Waals surface area contributed by atoms with Crippen LogP contribution in [0.25, 0.3) is 10.4 Å². The SMILES string of the molecule is CC(C)C[C@H](NC(=O)[C@H](Cc1ccccc1)NC(=O)[C@@H](NC(=O)C(Cc1ccccc1)N=[N+]=[N-])C1CCCCC1)C(=O)[C@@]1(C)CO1. The minimum atomic E-state index is -1.05. The Bertz CT molecular complexity index is 1380. The van der Waals surface area contributed by atoms with Gasteiger partial charge in [0.1, 0.15) is 23.7 Å². The highest BCUT2D eigenvalue weighted by Gasteiger charge is 2.50. The molecule has 2 aromatic carbocycles. The molecule has 0 radical (unpaired) electrons. The molecule has 1 heterocycles. The van der Waals surface area contributed by atoms with E-state index in [0.717, 1.165) is 43.2 Å². The molecule has 1 unspecified atom stereocenters. The fourth-order valence-electron chi connectivity index (χ4n) is 6.11. The molecule has 5 atom stereocenters. The van der Waals surface area contributed by atoms with E-state index in [2.05, 4.69) is 26.0 Å². The number of carbonyl (C=O) groups is 4. The summed E-state index contributed by atoms with van der Waals surface area (Å²) in [7, 11) is 0. The number of rotatable bonds is 16. The molecule has 2 aliphatic rings. The van der Waals surface area contributed by atoms with Crippen LogP contribution in [0.3, 0.4) is 0 Å². The molecule has 1 saturated carbocycles. The third-order valence-corrected chi connectivity index (χ3v) is 8.82. The number of ether oxygens (including phenoxy) is 1. The predicted molar refractivity (Wildman–Crippen MR) is 174 cm³/mol. The van der Waals surface area contributed by atoms with Gasteiger partial charge in [-0.3, -0.25) is 19.2 Å². The minimum Gasteiger partial charge on any atom is -0.361 e. The third-order valence-electron chi connectivity index (χ3n) is 8.82. The van der Waals surface area contributed by atoms with E-state index in [0.29, 0.717) is 13.0 Å². The van der Waals surface area contributed by atoms with E-state index in [9.17, 15) is 24.7 Å². The second kappa shape index (κ2) is 16.4. The number of epoxide rings is 1. The molecule has 11 heteroatoms. The van der Waals surface area contributed by atoms with Crippen molar-refractivity contribution in [1.82, 2.24) is 16.0 Å². The van der Waals surface area contributed by atoms with E-state index in [1.807, 2.05) is 74.5 Å². The normalized spacial score (nSPS) is 20.3. The van der Waals surface area contributed by atoms with E-state index < -0.39 is 47.5 Å². The molecular weight excluding hydrogens is 584 g/mol. The van der Waals surface area contributed by atoms with Gasteiger partial charge in [-0.25, -0.2) is 0 Å². The van der Waals surface area contributed by atoms with Crippen LogP contribution in [0.1, 0.15) is 70.4 Å². The summed E-state index contributed by atoms with van der Waals surface area (Å²) in [5.41, 5.74) is 9.96. The molecule has 3 amide bonds. The molecule has 0 bridgehead atoms. The van der Waals surface area contributed by atoms with Gasteiger partial charge < -0.3 is 20.7 Å². The smallest absolute Gasteiger partial charge is 0.243 e. The maximum Gasteiger partial charge on any atom is 0.243 e. The van der Waals surface area contributed by atoms with Crippen LogP contribution >= 0.6 is 0 Å². The molecule has 1 saturated heterocycles. The van der Waals surface area contributed by atoms with Gasteiger partial charge in [-0.15, -0.1) is 0 Å². The Morgan fingerprint density at radius 3 is 1.96 bits per heavy atom. The van der Waals surface area contributed by atoms with Crippen LogP contribution in [0.15, 0.2) is 65.8 Å². The van der Waals surface area contributed by atoms with Crippen molar-refractivity contribution in [2.75, 3.05) is 6.61 Å². The first-order valence-electron chi connectivity index (χ1n) is 16.3.